The zero-order valence-electron chi connectivity index (χ0n) is 18.9. The van der Waals surface area contributed by atoms with Crippen LogP contribution >= 0.6 is 23.4 Å². The summed E-state index contributed by atoms with van der Waals surface area (Å²) in [7, 11) is 0. The molecule has 1 N–H and O–H groups in total. The molecule has 0 amide bonds. The average molecular weight is 499 g/mol. The lowest BCUT2D eigenvalue weighted by atomic mass is 10.1. The van der Waals surface area contributed by atoms with Gasteiger partial charge in [0.1, 0.15) is 18.1 Å². The van der Waals surface area contributed by atoms with Crippen molar-refractivity contribution in [1.82, 2.24) is 19.7 Å². The van der Waals surface area contributed by atoms with Gasteiger partial charge in [-0.15, -0.1) is 10.2 Å². The summed E-state index contributed by atoms with van der Waals surface area (Å²) in [6.07, 6.45) is 1.60. The first-order valence-corrected chi connectivity index (χ1v) is 11.9. The van der Waals surface area contributed by atoms with E-state index in [-0.39, 0.29) is 23.9 Å². The van der Waals surface area contributed by atoms with Crippen LogP contribution < -0.4 is 4.74 Å². The van der Waals surface area contributed by atoms with Crippen LogP contribution in [0.25, 0.3) is 0 Å². The Morgan fingerprint density at radius 2 is 1.94 bits per heavy atom. The average Bonchev–Trinajstić information content (AvgIpc) is 3.52. The lowest BCUT2D eigenvalue weighted by Crippen LogP contribution is -2.11. The fourth-order valence-corrected chi connectivity index (χ4v) is 4.64. The van der Waals surface area contributed by atoms with Crippen molar-refractivity contribution in [2.45, 2.75) is 39.1 Å². The molecule has 34 heavy (non-hydrogen) atoms. The number of furan rings is 1. The zero-order chi connectivity index (χ0) is 24.2. The van der Waals surface area contributed by atoms with Crippen LogP contribution in [0.4, 0.5) is 0 Å². The van der Waals surface area contributed by atoms with Crippen LogP contribution in [0, 0.1) is 13.8 Å². The van der Waals surface area contributed by atoms with Crippen molar-refractivity contribution in [2.75, 3.05) is 5.75 Å². The van der Waals surface area contributed by atoms with E-state index >= 15 is 0 Å². The number of ketones is 2. The van der Waals surface area contributed by atoms with Gasteiger partial charge in [-0.2, -0.15) is 0 Å². The van der Waals surface area contributed by atoms with Crippen LogP contribution in [0.15, 0.2) is 52.2 Å². The normalized spacial score (nSPS) is 11.1. The molecular weight excluding hydrogens is 476 g/mol. The summed E-state index contributed by atoms with van der Waals surface area (Å²) in [6.45, 7) is 5.65. The third kappa shape index (κ3) is 5.26. The van der Waals surface area contributed by atoms with Crippen molar-refractivity contribution in [3.63, 3.8) is 0 Å². The highest BCUT2D eigenvalue weighted by Crippen LogP contribution is 2.24. The van der Waals surface area contributed by atoms with E-state index < -0.39 is 0 Å². The molecule has 0 aliphatic heterocycles. The molecule has 1 aromatic carbocycles. The number of hydrogen-bond donors (Lipinski definition) is 1. The number of ether oxygens (including phenoxy) is 1. The van der Waals surface area contributed by atoms with Crippen molar-refractivity contribution < 1.29 is 18.7 Å². The summed E-state index contributed by atoms with van der Waals surface area (Å²) >= 11 is 7.20. The van der Waals surface area contributed by atoms with Gasteiger partial charge in [-0.3, -0.25) is 14.2 Å². The van der Waals surface area contributed by atoms with E-state index in [2.05, 4.69) is 15.2 Å². The number of halogens is 1. The summed E-state index contributed by atoms with van der Waals surface area (Å²) in [4.78, 5) is 27.9. The van der Waals surface area contributed by atoms with Crippen molar-refractivity contribution in [1.29, 1.82) is 0 Å². The van der Waals surface area contributed by atoms with Crippen LogP contribution in [0.2, 0.25) is 5.02 Å². The topological polar surface area (TPSA) is 103 Å². The van der Waals surface area contributed by atoms with E-state index in [1.165, 1.54) is 18.7 Å². The third-order valence-corrected chi connectivity index (χ3v) is 6.49. The number of aromatic nitrogens is 4. The molecular formula is C24H23ClN4O4S. The van der Waals surface area contributed by atoms with Gasteiger partial charge in [-0.25, -0.2) is 0 Å². The number of aryl methyl sites for hydroxylation is 1. The smallest absolute Gasteiger partial charge is 0.192 e. The molecule has 0 aliphatic carbocycles. The van der Waals surface area contributed by atoms with Gasteiger partial charge < -0.3 is 14.1 Å². The Morgan fingerprint density at radius 3 is 2.59 bits per heavy atom. The Balaban J connectivity index is 1.51. The Morgan fingerprint density at radius 1 is 1.18 bits per heavy atom. The molecule has 0 bridgehead atoms. The molecule has 0 fully saturated rings. The molecule has 0 aliphatic rings. The number of carbonyl (C=O) groups is 2. The summed E-state index contributed by atoms with van der Waals surface area (Å²) in [5, 5.41) is 9.74. The van der Waals surface area contributed by atoms with E-state index in [0.29, 0.717) is 50.8 Å². The Labute approximate surface area is 205 Å². The third-order valence-electron chi connectivity index (χ3n) is 5.27. The van der Waals surface area contributed by atoms with E-state index in [4.69, 9.17) is 20.8 Å². The van der Waals surface area contributed by atoms with Crippen LogP contribution in [0.5, 0.6) is 5.75 Å². The minimum absolute atomic E-state index is 0.0681. The van der Waals surface area contributed by atoms with Gasteiger partial charge in [0.25, 0.3) is 0 Å². The highest BCUT2D eigenvalue weighted by molar-refractivity contribution is 7.99. The van der Waals surface area contributed by atoms with Gasteiger partial charge >= 0.3 is 0 Å². The number of aromatic amines is 1. The predicted octanol–water partition coefficient (Wildman–Crippen LogP) is 5.27. The molecule has 0 radical (unpaired) electrons. The second kappa shape index (κ2) is 10.3. The van der Waals surface area contributed by atoms with E-state index in [9.17, 15) is 9.59 Å². The summed E-state index contributed by atoms with van der Waals surface area (Å²) in [5.41, 5.74) is 2.38. The molecule has 0 unspecified atom stereocenters. The molecule has 0 saturated heterocycles. The SMILES string of the molecule is CC(=O)c1c(C)[nH]c(C(=O)CSc2nnc(COc3ccc(Cl)cc3)n2Cc2ccco2)c1C. The standard InChI is InChI=1S/C24H23ClN4O4S/c1-14-22(16(3)30)15(2)26-23(14)20(31)13-34-24-28-27-21(29(24)11-19-5-4-10-32-19)12-33-18-8-6-17(25)7-9-18/h4-10,26H,11-13H2,1-3H3. The number of hydrogen-bond acceptors (Lipinski definition) is 7. The number of nitrogens with zero attached hydrogens (tertiary/aromatic N) is 3. The number of thioether (sulfide) groups is 1. The molecule has 0 saturated carbocycles. The van der Waals surface area contributed by atoms with Crippen molar-refractivity contribution in [3.8, 4) is 5.75 Å². The molecule has 8 nitrogen and oxygen atoms in total. The lowest BCUT2D eigenvalue weighted by Gasteiger charge is -2.10. The van der Waals surface area contributed by atoms with Gasteiger partial charge in [0.05, 0.1) is 24.3 Å². The van der Waals surface area contributed by atoms with Crippen LogP contribution in [-0.4, -0.2) is 37.1 Å². The molecule has 10 heteroatoms. The first-order chi connectivity index (χ1) is 16.3. The number of carbonyl (C=O) groups excluding carboxylic acids is 2. The quantitative estimate of drug-likeness (QED) is 0.234. The second-order valence-corrected chi connectivity index (χ2v) is 9.08. The second-order valence-electron chi connectivity index (χ2n) is 7.70. The Kier molecular flexibility index (Phi) is 7.23. The number of benzene rings is 1. The number of nitrogens with one attached hydrogen (secondary N) is 1. The van der Waals surface area contributed by atoms with Crippen molar-refractivity contribution in [3.05, 3.63) is 81.8 Å². The van der Waals surface area contributed by atoms with Gasteiger partial charge in [0, 0.05) is 16.3 Å². The van der Waals surface area contributed by atoms with Gasteiger partial charge in [0.2, 0.25) is 0 Å². The minimum atomic E-state index is -0.121. The molecule has 3 aromatic heterocycles. The van der Waals surface area contributed by atoms with Crippen molar-refractivity contribution in [2.24, 2.45) is 0 Å². The monoisotopic (exact) mass is 498 g/mol. The Hall–Kier alpha value is -3.30. The number of rotatable bonds is 10. The van der Waals surface area contributed by atoms with Gasteiger partial charge in [-0.05, 0) is 62.7 Å². The summed E-state index contributed by atoms with van der Waals surface area (Å²) < 4.78 is 13.2. The highest BCUT2D eigenvalue weighted by Gasteiger charge is 2.22. The first-order valence-electron chi connectivity index (χ1n) is 10.5. The highest BCUT2D eigenvalue weighted by atomic mass is 35.5. The van der Waals surface area contributed by atoms with E-state index in [1.54, 1.807) is 44.4 Å². The number of H-pyrrole nitrogens is 1. The molecule has 0 spiro atoms. The fraction of sp³-hybridized carbons (Fsp3) is 0.250. The van der Waals surface area contributed by atoms with E-state index in [0.717, 1.165) is 5.76 Å². The molecule has 4 rings (SSSR count). The minimum Gasteiger partial charge on any atom is -0.486 e. The summed E-state index contributed by atoms with van der Waals surface area (Å²) in [5.74, 6) is 1.91. The van der Waals surface area contributed by atoms with Crippen LogP contribution in [0.1, 0.15) is 50.6 Å². The molecule has 0 atom stereocenters. The van der Waals surface area contributed by atoms with E-state index in [1.807, 2.05) is 16.7 Å². The maximum Gasteiger partial charge on any atom is 0.192 e. The van der Waals surface area contributed by atoms with Crippen LogP contribution in [-0.2, 0) is 13.2 Å². The molecule has 3 heterocycles. The van der Waals surface area contributed by atoms with Gasteiger partial charge in [0.15, 0.2) is 22.5 Å². The number of Topliss-reactive ketones (excluding diaryl/α,β-unsaturated/α-hetero) is 2. The van der Waals surface area contributed by atoms with Crippen LogP contribution in [0.3, 0.4) is 0 Å². The Bertz CT molecular complexity index is 1310. The maximum absolute atomic E-state index is 12.9. The first kappa shape index (κ1) is 23.8. The summed E-state index contributed by atoms with van der Waals surface area (Å²) in [6, 6.07) is 10.7. The lowest BCUT2D eigenvalue weighted by molar-refractivity contribution is 0.101. The van der Waals surface area contributed by atoms with Gasteiger partial charge in [-0.1, -0.05) is 23.4 Å². The fourth-order valence-electron chi connectivity index (χ4n) is 3.69. The zero-order valence-corrected chi connectivity index (χ0v) is 20.5. The predicted molar refractivity (Wildman–Crippen MR) is 129 cm³/mol. The molecule has 176 valence electrons. The van der Waals surface area contributed by atoms with Crippen molar-refractivity contribution >= 4 is 34.9 Å². The largest absolute Gasteiger partial charge is 0.486 e. The molecule has 4 aromatic rings. The maximum atomic E-state index is 12.9.